The Morgan fingerprint density at radius 3 is 3.00 bits per heavy atom. The van der Waals surface area contributed by atoms with Crippen molar-refractivity contribution in [2.45, 2.75) is 11.7 Å². The molecule has 0 aliphatic carbocycles. The van der Waals surface area contributed by atoms with Gasteiger partial charge in [-0.25, -0.2) is 4.98 Å². The average Bonchev–Trinajstić information content (AvgIpc) is 3.10. The van der Waals surface area contributed by atoms with Gasteiger partial charge in [-0.05, 0) is 12.1 Å². The van der Waals surface area contributed by atoms with Crippen LogP contribution >= 0.6 is 11.8 Å². The number of benzene rings is 1. The number of nitriles is 2. The maximum Gasteiger partial charge on any atom is 0.168 e. The molecule has 1 aromatic heterocycles. The zero-order valence-electron chi connectivity index (χ0n) is 11.1. The minimum absolute atomic E-state index is 0.0396. The first kappa shape index (κ1) is 13.3. The normalized spacial score (nSPS) is 12.1. The summed E-state index contributed by atoms with van der Waals surface area (Å²) in [6.45, 7) is 1.00. The van der Waals surface area contributed by atoms with Gasteiger partial charge in [0.15, 0.2) is 5.16 Å². The topological polar surface area (TPSA) is 77.4 Å². The molecule has 0 atom stereocenters. The highest BCUT2D eigenvalue weighted by molar-refractivity contribution is 7.99. The Balaban J connectivity index is 1.85. The SMILES string of the molecule is N#CC(C#N)=CNc1cccc(-c2cn3c(n2)SCC3)c1. The van der Waals surface area contributed by atoms with Crippen molar-refractivity contribution in [3.63, 3.8) is 0 Å². The van der Waals surface area contributed by atoms with Crippen LogP contribution in [0.2, 0.25) is 0 Å². The van der Waals surface area contributed by atoms with Crippen LogP contribution in [0.4, 0.5) is 5.69 Å². The fraction of sp³-hybridized carbons (Fsp3) is 0.133. The lowest BCUT2D eigenvalue weighted by Gasteiger charge is -2.03. The van der Waals surface area contributed by atoms with Crippen molar-refractivity contribution in [1.29, 1.82) is 10.5 Å². The Hall–Kier alpha value is -2.70. The second-order valence-corrected chi connectivity index (χ2v) is 5.52. The molecule has 102 valence electrons. The lowest BCUT2D eigenvalue weighted by molar-refractivity contribution is 0.719. The Kier molecular flexibility index (Phi) is 3.63. The summed E-state index contributed by atoms with van der Waals surface area (Å²) in [5, 5.41) is 21.4. The van der Waals surface area contributed by atoms with Crippen LogP contribution < -0.4 is 5.32 Å². The van der Waals surface area contributed by atoms with Gasteiger partial charge in [-0.1, -0.05) is 23.9 Å². The number of imidazole rings is 1. The molecule has 1 N–H and O–H groups in total. The van der Waals surface area contributed by atoms with E-state index in [1.54, 1.807) is 11.8 Å². The standard InChI is InChI=1S/C15H11N5S/c16-7-11(8-17)9-18-13-3-1-2-12(6-13)14-10-20-4-5-21-15(20)19-14/h1-3,6,9-10,18H,4-5H2. The number of anilines is 1. The molecule has 2 aromatic rings. The van der Waals surface area contributed by atoms with Crippen molar-refractivity contribution < 1.29 is 0 Å². The maximum absolute atomic E-state index is 8.71. The highest BCUT2D eigenvalue weighted by atomic mass is 32.2. The van der Waals surface area contributed by atoms with Crippen LogP contribution in [0, 0.1) is 22.7 Å². The molecule has 1 aliphatic rings. The third-order valence-corrected chi connectivity index (χ3v) is 4.06. The number of nitrogens with one attached hydrogen (secondary N) is 1. The number of allylic oxidation sites excluding steroid dienone is 1. The smallest absolute Gasteiger partial charge is 0.168 e. The molecule has 0 spiro atoms. The van der Waals surface area contributed by atoms with Crippen molar-refractivity contribution in [3.8, 4) is 23.4 Å². The zero-order chi connectivity index (χ0) is 14.7. The van der Waals surface area contributed by atoms with Gasteiger partial charge in [0.2, 0.25) is 0 Å². The van der Waals surface area contributed by atoms with E-state index >= 15 is 0 Å². The van der Waals surface area contributed by atoms with E-state index in [-0.39, 0.29) is 5.57 Å². The van der Waals surface area contributed by atoms with E-state index in [2.05, 4.69) is 21.1 Å². The second-order valence-electron chi connectivity index (χ2n) is 4.46. The van der Waals surface area contributed by atoms with Crippen LogP contribution in [-0.4, -0.2) is 15.3 Å². The molecule has 0 fully saturated rings. The fourth-order valence-electron chi connectivity index (χ4n) is 2.06. The quantitative estimate of drug-likeness (QED) is 0.880. The molecule has 0 saturated carbocycles. The summed E-state index contributed by atoms with van der Waals surface area (Å²) in [6.07, 6.45) is 3.46. The number of hydrogen-bond acceptors (Lipinski definition) is 5. The van der Waals surface area contributed by atoms with E-state index in [0.717, 1.165) is 34.4 Å². The van der Waals surface area contributed by atoms with E-state index in [1.165, 1.54) is 6.20 Å². The van der Waals surface area contributed by atoms with E-state index in [0.29, 0.717) is 0 Å². The zero-order valence-corrected chi connectivity index (χ0v) is 11.9. The highest BCUT2D eigenvalue weighted by Crippen LogP contribution is 2.29. The number of hydrogen-bond donors (Lipinski definition) is 1. The van der Waals surface area contributed by atoms with E-state index in [1.807, 2.05) is 36.4 Å². The van der Waals surface area contributed by atoms with Gasteiger partial charge in [0, 0.05) is 35.9 Å². The summed E-state index contributed by atoms with van der Waals surface area (Å²) >= 11 is 1.76. The van der Waals surface area contributed by atoms with Crippen LogP contribution in [-0.2, 0) is 6.54 Å². The Bertz CT molecular complexity index is 754. The van der Waals surface area contributed by atoms with Crippen molar-refractivity contribution in [1.82, 2.24) is 9.55 Å². The molecular formula is C15H11N5S. The van der Waals surface area contributed by atoms with Gasteiger partial charge in [0.1, 0.15) is 17.7 Å². The van der Waals surface area contributed by atoms with Gasteiger partial charge in [-0.3, -0.25) is 0 Å². The summed E-state index contributed by atoms with van der Waals surface area (Å²) in [5.41, 5.74) is 2.80. The predicted octanol–water partition coefficient (Wildman–Crippen LogP) is 3.00. The maximum atomic E-state index is 8.71. The van der Waals surface area contributed by atoms with Crippen LogP contribution in [0.5, 0.6) is 0 Å². The van der Waals surface area contributed by atoms with Crippen molar-refractivity contribution in [2.24, 2.45) is 0 Å². The molecule has 2 heterocycles. The number of aromatic nitrogens is 2. The van der Waals surface area contributed by atoms with Crippen LogP contribution in [0.15, 0.2) is 47.4 Å². The first-order valence-electron chi connectivity index (χ1n) is 6.37. The molecule has 0 radical (unpaired) electrons. The molecule has 0 bridgehead atoms. The van der Waals surface area contributed by atoms with E-state index in [9.17, 15) is 0 Å². The molecule has 1 aromatic carbocycles. The summed E-state index contributed by atoms with van der Waals surface area (Å²) < 4.78 is 2.16. The van der Waals surface area contributed by atoms with E-state index < -0.39 is 0 Å². The Morgan fingerprint density at radius 1 is 1.38 bits per heavy atom. The monoisotopic (exact) mass is 293 g/mol. The molecule has 0 saturated heterocycles. The van der Waals surface area contributed by atoms with Gasteiger partial charge >= 0.3 is 0 Å². The lowest BCUT2D eigenvalue weighted by atomic mass is 10.1. The van der Waals surface area contributed by atoms with Crippen molar-refractivity contribution >= 4 is 17.4 Å². The van der Waals surface area contributed by atoms with Gasteiger partial charge in [-0.2, -0.15) is 10.5 Å². The van der Waals surface area contributed by atoms with Gasteiger partial charge in [0.05, 0.1) is 5.69 Å². The fourth-order valence-corrected chi connectivity index (χ4v) is 3.01. The molecule has 1 aliphatic heterocycles. The first-order chi connectivity index (χ1) is 10.3. The lowest BCUT2D eigenvalue weighted by Crippen LogP contribution is -1.91. The molecule has 3 rings (SSSR count). The number of nitrogens with zero attached hydrogens (tertiary/aromatic N) is 4. The number of thioether (sulfide) groups is 1. The number of rotatable bonds is 3. The number of fused-ring (bicyclic) bond motifs is 1. The summed E-state index contributed by atoms with van der Waals surface area (Å²) in [6, 6.07) is 11.4. The minimum atomic E-state index is 0.0396. The third-order valence-electron chi connectivity index (χ3n) is 3.09. The van der Waals surface area contributed by atoms with Crippen LogP contribution in [0.3, 0.4) is 0 Å². The summed E-state index contributed by atoms with van der Waals surface area (Å²) in [5.74, 6) is 1.08. The first-order valence-corrected chi connectivity index (χ1v) is 7.36. The van der Waals surface area contributed by atoms with Crippen LogP contribution in [0.25, 0.3) is 11.3 Å². The summed E-state index contributed by atoms with van der Waals surface area (Å²) in [7, 11) is 0. The predicted molar refractivity (Wildman–Crippen MR) is 81.3 cm³/mol. The largest absolute Gasteiger partial charge is 0.360 e. The highest BCUT2D eigenvalue weighted by Gasteiger charge is 2.15. The van der Waals surface area contributed by atoms with Crippen molar-refractivity contribution in [3.05, 3.63) is 42.2 Å². The van der Waals surface area contributed by atoms with Gasteiger partial charge < -0.3 is 9.88 Å². The molecule has 5 nitrogen and oxygen atoms in total. The molecular weight excluding hydrogens is 282 g/mol. The Labute approximate surface area is 126 Å². The van der Waals surface area contributed by atoms with Gasteiger partial charge in [-0.15, -0.1) is 0 Å². The second kappa shape index (κ2) is 5.74. The molecule has 0 amide bonds. The molecule has 21 heavy (non-hydrogen) atoms. The van der Waals surface area contributed by atoms with Crippen molar-refractivity contribution in [2.75, 3.05) is 11.1 Å². The Morgan fingerprint density at radius 2 is 2.24 bits per heavy atom. The number of aryl methyl sites for hydroxylation is 1. The van der Waals surface area contributed by atoms with Gasteiger partial charge in [0.25, 0.3) is 0 Å². The average molecular weight is 293 g/mol. The molecule has 6 heteroatoms. The third kappa shape index (κ3) is 2.76. The minimum Gasteiger partial charge on any atom is -0.360 e. The van der Waals surface area contributed by atoms with E-state index in [4.69, 9.17) is 10.5 Å². The molecule has 0 unspecified atom stereocenters. The van der Waals surface area contributed by atoms with Crippen LogP contribution in [0.1, 0.15) is 0 Å². The summed E-state index contributed by atoms with van der Waals surface area (Å²) in [4.78, 5) is 4.61.